The third-order valence-electron chi connectivity index (χ3n) is 3.19. The van der Waals surface area contributed by atoms with Gasteiger partial charge in [0.25, 0.3) is 0 Å². The van der Waals surface area contributed by atoms with Crippen LogP contribution in [0.1, 0.15) is 0 Å². The van der Waals surface area contributed by atoms with E-state index in [1.165, 1.54) is 12.1 Å². The highest BCUT2D eigenvalue weighted by Crippen LogP contribution is 2.32. The monoisotopic (exact) mass is 298 g/mol. The predicted molar refractivity (Wildman–Crippen MR) is 85.1 cm³/mol. The van der Waals surface area contributed by atoms with Crippen LogP contribution in [-0.4, -0.2) is 0 Å². The molecule has 3 rings (SSSR count). The molecular formula is C18H13F2P. The summed E-state index contributed by atoms with van der Waals surface area (Å²) in [6, 6.07) is 24.1. The van der Waals surface area contributed by atoms with Crippen LogP contribution < -0.4 is 15.9 Å². The fourth-order valence-corrected chi connectivity index (χ4v) is 4.53. The second kappa shape index (κ2) is 6.15. The normalized spacial score (nSPS) is 10.8. The van der Waals surface area contributed by atoms with Crippen molar-refractivity contribution in [3.63, 3.8) is 0 Å². The maximum Gasteiger partial charge on any atom is 0.159 e. The van der Waals surface area contributed by atoms with Crippen molar-refractivity contribution in [1.29, 1.82) is 0 Å². The molecular weight excluding hydrogens is 285 g/mol. The maximum atomic E-state index is 13.6. The van der Waals surface area contributed by atoms with Gasteiger partial charge in [-0.3, -0.25) is 0 Å². The highest BCUT2D eigenvalue weighted by atomic mass is 31.1. The van der Waals surface area contributed by atoms with Gasteiger partial charge in [-0.05, 0) is 36.0 Å². The molecule has 0 fully saturated rings. The highest BCUT2D eigenvalue weighted by molar-refractivity contribution is 7.79. The molecule has 0 N–H and O–H groups in total. The Hall–Kier alpha value is -2.05. The summed E-state index contributed by atoms with van der Waals surface area (Å²) in [5.41, 5.74) is 0. The zero-order valence-corrected chi connectivity index (χ0v) is 12.1. The molecule has 0 bridgehead atoms. The van der Waals surface area contributed by atoms with Crippen molar-refractivity contribution < 1.29 is 8.78 Å². The van der Waals surface area contributed by atoms with E-state index in [0.29, 0.717) is 0 Å². The van der Waals surface area contributed by atoms with Crippen molar-refractivity contribution in [3.8, 4) is 0 Å². The molecule has 0 aliphatic carbocycles. The van der Waals surface area contributed by atoms with Gasteiger partial charge in [-0.2, -0.15) is 0 Å². The molecule has 0 saturated carbocycles. The quantitative estimate of drug-likeness (QED) is 0.646. The fourth-order valence-electron chi connectivity index (χ4n) is 2.23. The summed E-state index contributed by atoms with van der Waals surface area (Å²) < 4.78 is 26.8. The van der Waals surface area contributed by atoms with Gasteiger partial charge in [0.15, 0.2) is 11.6 Å². The number of benzene rings is 3. The topological polar surface area (TPSA) is 0 Å². The molecule has 3 heteroatoms. The van der Waals surface area contributed by atoms with Gasteiger partial charge in [-0.25, -0.2) is 8.78 Å². The van der Waals surface area contributed by atoms with E-state index >= 15 is 0 Å². The van der Waals surface area contributed by atoms with Gasteiger partial charge in [-0.1, -0.05) is 66.7 Å². The third kappa shape index (κ3) is 3.01. The van der Waals surface area contributed by atoms with E-state index in [1.54, 1.807) is 6.07 Å². The summed E-state index contributed by atoms with van der Waals surface area (Å²) >= 11 is 0. The average Bonchev–Trinajstić information content (AvgIpc) is 2.53. The van der Waals surface area contributed by atoms with Gasteiger partial charge in [0.1, 0.15) is 0 Å². The van der Waals surface area contributed by atoms with Gasteiger partial charge < -0.3 is 0 Å². The summed E-state index contributed by atoms with van der Waals surface area (Å²) in [4.78, 5) is 0. The Kier molecular flexibility index (Phi) is 4.08. The predicted octanol–water partition coefficient (Wildman–Crippen LogP) is 3.72. The van der Waals surface area contributed by atoms with E-state index in [-0.39, 0.29) is 0 Å². The number of hydrogen-bond acceptors (Lipinski definition) is 0. The second-order valence-corrected chi connectivity index (χ2v) is 6.82. The van der Waals surface area contributed by atoms with Gasteiger partial charge in [0.2, 0.25) is 0 Å². The number of rotatable bonds is 3. The molecule has 0 aromatic heterocycles. The van der Waals surface area contributed by atoms with E-state index in [0.717, 1.165) is 15.9 Å². The lowest BCUT2D eigenvalue weighted by atomic mass is 10.3. The molecule has 104 valence electrons. The minimum absolute atomic E-state index is 0.799. The molecule has 0 aliphatic rings. The minimum Gasteiger partial charge on any atom is -0.204 e. The molecule has 0 radical (unpaired) electrons. The molecule has 0 aliphatic heterocycles. The standard InChI is InChI=1S/C18H13F2P/c19-17-12-11-16(13-18(17)20)21(14-7-3-1-4-8-14)15-9-5-2-6-10-15/h1-13H. The van der Waals surface area contributed by atoms with Crippen LogP contribution in [0, 0.1) is 11.6 Å². The van der Waals surface area contributed by atoms with Crippen LogP contribution in [-0.2, 0) is 0 Å². The number of hydrogen-bond donors (Lipinski definition) is 0. The Morgan fingerprint density at radius 2 is 1.05 bits per heavy atom. The first kappa shape index (κ1) is 13.9. The summed E-state index contributed by atoms with van der Waals surface area (Å²) in [5, 5.41) is 3.04. The molecule has 3 aromatic carbocycles. The maximum absolute atomic E-state index is 13.6. The summed E-state index contributed by atoms with van der Waals surface area (Å²) in [6.45, 7) is 0. The van der Waals surface area contributed by atoms with E-state index < -0.39 is 19.6 Å². The Morgan fingerprint density at radius 3 is 1.52 bits per heavy atom. The lowest BCUT2D eigenvalue weighted by Crippen LogP contribution is -2.21. The average molecular weight is 298 g/mol. The second-order valence-electron chi connectivity index (χ2n) is 4.60. The van der Waals surface area contributed by atoms with Gasteiger partial charge in [0.05, 0.1) is 0 Å². The number of halogens is 2. The summed E-state index contributed by atoms with van der Waals surface area (Å²) in [6.07, 6.45) is 0. The van der Waals surface area contributed by atoms with Crippen LogP contribution >= 0.6 is 7.92 Å². The zero-order chi connectivity index (χ0) is 14.7. The lowest BCUT2D eigenvalue weighted by Gasteiger charge is -2.19. The molecule has 0 atom stereocenters. The third-order valence-corrected chi connectivity index (χ3v) is 5.61. The van der Waals surface area contributed by atoms with E-state index in [4.69, 9.17) is 0 Å². The van der Waals surface area contributed by atoms with Crippen molar-refractivity contribution in [2.24, 2.45) is 0 Å². The molecule has 0 amide bonds. The molecule has 0 spiro atoms. The van der Waals surface area contributed by atoms with Gasteiger partial charge in [-0.15, -0.1) is 0 Å². The Labute approximate surface area is 123 Å². The summed E-state index contributed by atoms with van der Waals surface area (Å²) in [5.74, 6) is -1.61. The fraction of sp³-hybridized carbons (Fsp3) is 0. The molecule has 0 saturated heterocycles. The highest BCUT2D eigenvalue weighted by Gasteiger charge is 2.17. The van der Waals surface area contributed by atoms with Crippen molar-refractivity contribution in [1.82, 2.24) is 0 Å². The zero-order valence-electron chi connectivity index (χ0n) is 11.2. The molecule has 0 heterocycles. The van der Waals surface area contributed by atoms with Crippen LogP contribution in [0.25, 0.3) is 0 Å². The van der Waals surface area contributed by atoms with Crippen molar-refractivity contribution >= 4 is 23.8 Å². The van der Waals surface area contributed by atoms with Crippen LogP contribution in [0.4, 0.5) is 8.78 Å². The lowest BCUT2D eigenvalue weighted by molar-refractivity contribution is 0.509. The Morgan fingerprint density at radius 1 is 0.524 bits per heavy atom. The van der Waals surface area contributed by atoms with Crippen molar-refractivity contribution in [2.75, 3.05) is 0 Å². The van der Waals surface area contributed by atoms with Gasteiger partial charge >= 0.3 is 0 Å². The first-order valence-electron chi connectivity index (χ1n) is 6.61. The summed E-state index contributed by atoms with van der Waals surface area (Å²) in [7, 11) is -0.881. The van der Waals surface area contributed by atoms with E-state index in [1.807, 2.05) is 60.7 Å². The van der Waals surface area contributed by atoms with E-state index in [2.05, 4.69) is 0 Å². The first-order chi connectivity index (χ1) is 10.3. The first-order valence-corrected chi connectivity index (χ1v) is 7.95. The van der Waals surface area contributed by atoms with Crippen molar-refractivity contribution in [3.05, 3.63) is 90.5 Å². The van der Waals surface area contributed by atoms with Crippen LogP contribution in [0.3, 0.4) is 0 Å². The smallest absolute Gasteiger partial charge is 0.159 e. The van der Waals surface area contributed by atoms with Crippen LogP contribution in [0.15, 0.2) is 78.9 Å². The molecule has 3 aromatic rings. The van der Waals surface area contributed by atoms with Crippen LogP contribution in [0.2, 0.25) is 0 Å². The SMILES string of the molecule is Fc1ccc(P(c2ccccc2)c2ccccc2)cc1F. The molecule has 0 unspecified atom stereocenters. The Balaban J connectivity index is 2.14. The van der Waals surface area contributed by atoms with E-state index in [9.17, 15) is 8.78 Å². The van der Waals surface area contributed by atoms with Gasteiger partial charge in [0, 0.05) is 0 Å². The van der Waals surface area contributed by atoms with Crippen LogP contribution in [0.5, 0.6) is 0 Å². The van der Waals surface area contributed by atoms with Crippen molar-refractivity contribution in [2.45, 2.75) is 0 Å². The molecule has 21 heavy (non-hydrogen) atoms. The minimum atomic E-state index is -0.881. The Bertz CT molecular complexity index is 687. The molecule has 0 nitrogen and oxygen atoms in total. The largest absolute Gasteiger partial charge is 0.204 e.